The Morgan fingerprint density at radius 3 is 2.67 bits per heavy atom. The summed E-state index contributed by atoms with van der Waals surface area (Å²) in [7, 11) is 0. The summed E-state index contributed by atoms with van der Waals surface area (Å²) in [6, 6.07) is 0. The molecule has 0 aromatic rings. The van der Waals surface area contributed by atoms with Crippen molar-refractivity contribution < 1.29 is 0 Å². The predicted octanol–water partition coefficient (Wildman–Crippen LogP) is 4.42. The van der Waals surface area contributed by atoms with E-state index in [9.17, 15) is 0 Å². The smallest absolute Gasteiger partial charge is 0.0111 e. The van der Waals surface area contributed by atoms with E-state index in [0.29, 0.717) is 5.41 Å². The molecule has 0 unspecified atom stereocenters. The van der Waals surface area contributed by atoms with Crippen molar-refractivity contribution in [1.82, 2.24) is 0 Å². The van der Waals surface area contributed by atoms with Crippen LogP contribution in [0.2, 0.25) is 0 Å². The van der Waals surface area contributed by atoms with Crippen LogP contribution >= 0.6 is 0 Å². The van der Waals surface area contributed by atoms with Crippen molar-refractivity contribution >= 4 is 0 Å². The fourth-order valence-corrected chi connectivity index (χ4v) is 5.33. The van der Waals surface area contributed by atoms with E-state index in [1.165, 1.54) is 32.1 Å². The number of fused-ring (bicyclic) bond motifs is 1. The van der Waals surface area contributed by atoms with Crippen molar-refractivity contribution in [2.75, 3.05) is 0 Å². The van der Waals surface area contributed by atoms with Crippen molar-refractivity contribution in [3.63, 3.8) is 0 Å². The molecular weight excluding hydrogens is 180 g/mol. The van der Waals surface area contributed by atoms with Crippen LogP contribution in [0.1, 0.15) is 52.9 Å². The molecule has 3 aliphatic rings. The van der Waals surface area contributed by atoms with Gasteiger partial charge in [-0.25, -0.2) is 0 Å². The third-order valence-electron chi connectivity index (χ3n) is 6.34. The molecule has 15 heavy (non-hydrogen) atoms. The van der Waals surface area contributed by atoms with Crippen LogP contribution in [-0.4, -0.2) is 0 Å². The number of hydrogen-bond acceptors (Lipinski definition) is 0. The Bertz CT molecular complexity index is 312. The first kappa shape index (κ1) is 9.93. The van der Waals surface area contributed by atoms with Gasteiger partial charge in [-0.15, -0.1) is 0 Å². The van der Waals surface area contributed by atoms with Gasteiger partial charge in [0.2, 0.25) is 0 Å². The molecule has 0 saturated heterocycles. The Labute approximate surface area is 94.1 Å². The Hall–Kier alpha value is -0.260. The van der Waals surface area contributed by atoms with Crippen molar-refractivity contribution in [2.24, 2.45) is 28.6 Å². The molecule has 3 fully saturated rings. The highest BCUT2D eigenvalue weighted by molar-refractivity contribution is 5.25. The van der Waals surface area contributed by atoms with E-state index in [2.05, 4.69) is 27.4 Å². The third kappa shape index (κ3) is 0.990. The van der Waals surface area contributed by atoms with Crippen LogP contribution in [0.3, 0.4) is 0 Å². The second kappa shape index (κ2) is 2.70. The SMILES string of the molecule is C=C1[C@H]2CC[C@@]3(C2)[C@H](C)CC[C@H]3C1(C)C. The summed E-state index contributed by atoms with van der Waals surface area (Å²) in [6.07, 6.45) is 7.32. The standard InChI is InChI=1S/C15H24/c1-10-5-6-13-14(3,4)11(2)12-7-8-15(10,13)9-12/h10,12-13H,2,5-9H2,1,3-4H3/t10-,12+,13+,15-/m1/s1. The Morgan fingerprint density at radius 2 is 1.93 bits per heavy atom. The molecule has 3 saturated carbocycles. The van der Waals surface area contributed by atoms with Crippen molar-refractivity contribution in [3.8, 4) is 0 Å². The zero-order valence-electron chi connectivity index (χ0n) is 10.5. The van der Waals surface area contributed by atoms with Gasteiger partial charge in [-0.3, -0.25) is 0 Å². The molecule has 0 aromatic heterocycles. The zero-order valence-corrected chi connectivity index (χ0v) is 10.5. The van der Waals surface area contributed by atoms with Crippen LogP contribution in [-0.2, 0) is 0 Å². The summed E-state index contributed by atoms with van der Waals surface area (Å²) in [5.41, 5.74) is 2.72. The maximum Gasteiger partial charge on any atom is -0.0111 e. The first-order valence-corrected chi connectivity index (χ1v) is 6.68. The Morgan fingerprint density at radius 1 is 1.20 bits per heavy atom. The minimum Gasteiger partial charge on any atom is -0.0990 e. The van der Waals surface area contributed by atoms with E-state index in [1.807, 2.05) is 0 Å². The lowest BCUT2D eigenvalue weighted by Crippen LogP contribution is -2.42. The quantitative estimate of drug-likeness (QED) is 0.513. The van der Waals surface area contributed by atoms with Gasteiger partial charge >= 0.3 is 0 Å². The van der Waals surface area contributed by atoms with Crippen LogP contribution in [0.15, 0.2) is 12.2 Å². The highest BCUT2D eigenvalue weighted by atomic mass is 14.7. The first-order chi connectivity index (χ1) is 6.98. The van der Waals surface area contributed by atoms with E-state index in [4.69, 9.17) is 0 Å². The van der Waals surface area contributed by atoms with Crippen LogP contribution in [0.5, 0.6) is 0 Å². The summed E-state index contributed by atoms with van der Waals surface area (Å²) < 4.78 is 0. The van der Waals surface area contributed by atoms with Crippen LogP contribution in [0.25, 0.3) is 0 Å². The predicted molar refractivity (Wildman–Crippen MR) is 64.6 cm³/mol. The van der Waals surface area contributed by atoms with Crippen LogP contribution in [0, 0.1) is 28.6 Å². The molecule has 0 heterocycles. The molecule has 0 radical (unpaired) electrons. The van der Waals surface area contributed by atoms with Crippen molar-refractivity contribution in [3.05, 3.63) is 12.2 Å². The lowest BCUT2D eigenvalue weighted by atomic mass is 9.54. The highest BCUT2D eigenvalue weighted by Crippen LogP contribution is 2.70. The number of rotatable bonds is 0. The number of hydrogen-bond donors (Lipinski definition) is 0. The van der Waals surface area contributed by atoms with E-state index < -0.39 is 0 Å². The van der Waals surface area contributed by atoms with E-state index in [1.54, 1.807) is 5.57 Å². The molecule has 0 aliphatic heterocycles. The largest absolute Gasteiger partial charge is 0.0990 e. The molecule has 0 N–H and O–H groups in total. The van der Waals surface area contributed by atoms with E-state index >= 15 is 0 Å². The maximum absolute atomic E-state index is 4.43. The fourth-order valence-electron chi connectivity index (χ4n) is 5.33. The second-order valence-electron chi connectivity index (χ2n) is 6.95. The van der Waals surface area contributed by atoms with Crippen LogP contribution in [0.4, 0.5) is 0 Å². The van der Waals surface area contributed by atoms with Gasteiger partial charge in [0, 0.05) is 0 Å². The molecule has 1 spiro atoms. The van der Waals surface area contributed by atoms with Gasteiger partial charge in [-0.1, -0.05) is 32.9 Å². The Kier molecular flexibility index (Phi) is 1.79. The minimum atomic E-state index is 0.421. The summed E-state index contributed by atoms with van der Waals surface area (Å²) in [6.45, 7) is 11.9. The highest BCUT2D eigenvalue weighted by Gasteiger charge is 2.61. The molecular formula is C15H24. The molecule has 84 valence electrons. The van der Waals surface area contributed by atoms with Gasteiger partial charge in [-0.05, 0) is 60.7 Å². The average Bonchev–Trinajstić information content (AvgIpc) is 2.71. The fraction of sp³-hybridized carbons (Fsp3) is 0.867. The molecule has 0 aromatic carbocycles. The third-order valence-corrected chi connectivity index (χ3v) is 6.34. The molecule has 4 atom stereocenters. The Balaban J connectivity index is 2.09. The molecule has 2 bridgehead atoms. The van der Waals surface area contributed by atoms with Gasteiger partial charge in [0.15, 0.2) is 0 Å². The molecule has 0 heteroatoms. The molecule has 0 nitrogen and oxygen atoms in total. The molecule has 3 rings (SSSR count). The minimum absolute atomic E-state index is 0.421. The lowest BCUT2D eigenvalue weighted by molar-refractivity contribution is 0.0429. The van der Waals surface area contributed by atoms with Gasteiger partial charge in [0.05, 0.1) is 0 Å². The average molecular weight is 204 g/mol. The summed E-state index contributed by atoms with van der Waals surface area (Å²) in [5.74, 6) is 2.77. The first-order valence-electron chi connectivity index (χ1n) is 6.68. The van der Waals surface area contributed by atoms with E-state index in [-0.39, 0.29) is 0 Å². The van der Waals surface area contributed by atoms with Gasteiger partial charge in [0.1, 0.15) is 0 Å². The van der Waals surface area contributed by atoms with Crippen LogP contribution < -0.4 is 0 Å². The monoisotopic (exact) mass is 204 g/mol. The topological polar surface area (TPSA) is 0 Å². The van der Waals surface area contributed by atoms with Crippen molar-refractivity contribution in [1.29, 1.82) is 0 Å². The molecule has 0 amide bonds. The van der Waals surface area contributed by atoms with E-state index in [0.717, 1.165) is 23.2 Å². The lowest BCUT2D eigenvalue weighted by Gasteiger charge is -2.50. The summed E-state index contributed by atoms with van der Waals surface area (Å²) in [4.78, 5) is 0. The number of allylic oxidation sites excluding steroid dienone is 1. The molecule has 3 aliphatic carbocycles. The van der Waals surface area contributed by atoms with Crippen molar-refractivity contribution in [2.45, 2.75) is 52.9 Å². The van der Waals surface area contributed by atoms with Gasteiger partial charge < -0.3 is 0 Å². The summed E-state index contributed by atoms with van der Waals surface area (Å²) in [5, 5.41) is 0. The normalized spacial score (nSPS) is 51.9. The van der Waals surface area contributed by atoms with Gasteiger partial charge in [0.25, 0.3) is 0 Å². The maximum atomic E-state index is 4.43. The second-order valence-corrected chi connectivity index (χ2v) is 6.95. The zero-order chi connectivity index (χ0) is 10.8. The summed E-state index contributed by atoms with van der Waals surface area (Å²) >= 11 is 0. The van der Waals surface area contributed by atoms with Gasteiger partial charge in [-0.2, -0.15) is 0 Å².